The van der Waals surface area contributed by atoms with Crippen molar-refractivity contribution in [3.05, 3.63) is 71.7 Å². The van der Waals surface area contributed by atoms with Gasteiger partial charge in [-0.3, -0.25) is 9.78 Å². The highest BCUT2D eigenvalue weighted by Gasteiger charge is 2.47. The molecule has 0 aliphatic carbocycles. The van der Waals surface area contributed by atoms with Crippen LogP contribution in [-0.4, -0.2) is 34.0 Å². The summed E-state index contributed by atoms with van der Waals surface area (Å²) in [4.78, 5) is 16.7. The molecule has 162 valence electrons. The Hall–Kier alpha value is -3.56. The van der Waals surface area contributed by atoms with E-state index in [1.807, 2.05) is 0 Å². The first-order valence-electron chi connectivity index (χ1n) is 9.58. The molecule has 2 aromatic heterocycles. The monoisotopic (exact) mass is 431 g/mol. The third kappa shape index (κ3) is 4.32. The summed E-state index contributed by atoms with van der Waals surface area (Å²) >= 11 is 0. The number of ether oxygens (including phenoxy) is 1. The molecular weight excluding hydrogens is 411 g/mol. The van der Waals surface area contributed by atoms with Gasteiger partial charge in [0.25, 0.3) is 5.91 Å². The van der Waals surface area contributed by atoms with Crippen molar-refractivity contribution < 1.29 is 22.7 Å². The molecule has 0 bridgehead atoms. The van der Waals surface area contributed by atoms with Crippen LogP contribution >= 0.6 is 0 Å². The maximum absolute atomic E-state index is 13.8. The Bertz CT molecular complexity index is 1070. The van der Waals surface area contributed by atoms with Gasteiger partial charge in [0, 0.05) is 25.4 Å². The second-order valence-corrected chi connectivity index (χ2v) is 7.16. The standard InChI is InChI=1S/C21H20F3N5O2/c1-31-15-6-2-5-14(8-15)17-9-18(21(22,23)24)29-19(28-17)16(12-27-29)20(30)26-11-13-4-3-7-25-10-13/h2-8,10,12,17-18,28H,9,11H2,1H3,(H,26,30)/t17-,18-/m0/s1. The van der Waals surface area contributed by atoms with Crippen LogP contribution in [0.1, 0.15) is 40.0 Å². The Morgan fingerprint density at radius 1 is 1.29 bits per heavy atom. The number of methoxy groups -OCH3 is 1. The minimum Gasteiger partial charge on any atom is -0.497 e. The molecule has 0 saturated carbocycles. The number of fused-ring (bicyclic) bond motifs is 1. The second-order valence-electron chi connectivity index (χ2n) is 7.16. The molecule has 2 N–H and O–H groups in total. The summed E-state index contributed by atoms with van der Waals surface area (Å²) in [6, 6.07) is 7.83. The van der Waals surface area contributed by atoms with Crippen molar-refractivity contribution in [2.75, 3.05) is 12.4 Å². The van der Waals surface area contributed by atoms with Gasteiger partial charge in [0.05, 0.1) is 19.3 Å². The van der Waals surface area contributed by atoms with Gasteiger partial charge in [0.1, 0.15) is 17.1 Å². The Balaban J connectivity index is 1.63. The summed E-state index contributed by atoms with van der Waals surface area (Å²) in [7, 11) is 1.49. The highest BCUT2D eigenvalue weighted by molar-refractivity contribution is 5.98. The largest absolute Gasteiger partial charge is 0.497 e. The molecule has 1 aliphatic rings. The van der Waals surface area contributed by atoms with Gasteiger partial charge in [-0.2, -0.15) is 18.3 Å². The number of nitrogens with zero attached hydrogens (tertiary/aromatic N) is 3. The zero-order valence-electron chi connectivity index (χ0n) is 16.6. The maximum atomic E-state index is 13.8. The van der Waals surface area contributed by atoms with E-state index in [9.17, 15) is 18.0 Å². The van der Waals surface area contributed by atoms with E-state index < -0.39 is 24.2 Å². The number of rotatable bonds is 5. The molecule has 1 amide bonds. The smallest absolute Gasteiger partial charge is 0.410 e. The van der Waals surface area contributed by atoms with Crippen molar-refractivity contribution in [2.24, 2.45) is 0 Å². The lowest BCUT2D eigenvalue weighted by atomic mass is 9.96. The Morgan fingerprint density at radius 2 is 2.13 bits per heavy atom. The van der Waals surface area contributed by atoms with Crippen LogP contribution < -0.4 is 15.4 Å². The SMILES string of the molecule is COc1cccc([C@@H]2C[C@@H](C(F)(F)F)n3ncc(C(=O)NCc4cccnc4)c3N2)c1. The molecule has 2 atom stereocenters. The first-order chi connectivity index (χ1) is 14.9. The van der Waals surface area contributed by atoms with E-state index in [4.69, 9.17) is 4.74 Å². The van der Waals surface area contributed by atoms with Crippen LogP contribution in [-0.2, 0) is 6.54 Å². The van der Waals surface area contributed by atoms with Crippen LogP contribution in [0.4, 0.5) is 19.0 Å². The Kier molecular flexibility index (Phi) is 5.53. The van der Waals surface area contributed by atoms with Crippen molar-refractivity contribution >= 4 is 11.7 Å². The van der Waals surface area contributed by atoms with Crippen molar-refractivity contribution in [3.8, 4) is 5.75 Å². The first kappa shape index (κ1) is 20.7. The topological polar surface area (TPSA) is 81.1 Å². The number of hydrogen-bond donors (Lipinski definition) is 2. The number of nitrogens with one attached hydrogen (secondary N) is 2. The summed E-state index contributed by atoms with van der Waals surface area (Å²) in [5.74, 6) is 0.0475. The fourth-order valence-corrected chi connectivity index (χ4v) is 3.59. The molecule has 4 rings (SSSR count). The number of carbonyl (C=O) groups excluding carboxylic acids is 1. The van der Waals surface area contributed by atoms with E-state index in [0.29, 0.717) is 11.3 Å². The van der Waals surface area contributed by atoms with E-state index in [2.05, 4.69) is 20.7 Å². The first-order valence-corrected chi connectivity index (χ1v) is 9.58. The molecule has 0 spiro atoms. The number of alkyl halides is 3. The molecule has 10 heteroatoms. The fourth-order valence-electron chi connectivity index (χ4n) is 3.59. The Labute approximate surface area is 176 Å². The van der Waals surface area contributed by atoms with E-state index in [0.717, 1.165) is 16.4 Å². The van der Waals surface area contributed by atoms with Crippen LogP contribution in [0.2, 0.25) is 0 Å². The lowest BCUT2D eigenvalue weighted by molar-refractivity contribution is -0.173. The van der Waals surface area contributed by atoms with Gasteiger partial charge in [-0.15, -0.1) is 0 Å². The van der Waals surface area contributed by atoms with Crippen molar-refractivity contribution in [2.45, 2.75) is 31.2 Å². The number of hydrogen-bond acceptors (Lipinski definition) is 5. The lowest BCUT2D eigenvalue weighted by Gasteiger charge is -2.34. The lowest BCUT2D eigenvalue weighted by Crippen LogP contribution is -2.36. The number of pyridine rings is 1. The second kappa shape index (κ2) is 8.29. The molecule has 3 aromatic rings. The maximum Gasteiger partial charge on any atom is 0.410 e. The summed E-state index contributed by atoms with van der Waals surface area (Å²) in [5, 5.41) is 9.65. The molecule has 0 fully saturated rings. The third-order valence-electron chi connectivity index (χ3n) is 5.16. The highest BCUT2D eigenvalue weighted by atomic mass is 19.4. The van der Waals surface area contributed by atoms with Crippen LogP contribution in [0, 0.1) is 0 Å². The van der Waals surface area contributed by atoms with Gasteiger partial charge in [0.2, 0.25) is 0 Å². The average Bonchev–Trinajstić information content (AvgIpc) is 3.21. The van der Waals surface area contributed by atoms with E-state index in [1.54, 1.807) is 48.8 Å². The number of anilines is 1. The third-order valence-corrected chi connectivity index (χ3v) is 5.16. The molecule has 0 saturated heterocycles. The summed E-state index contributed by atoms with van der Waals surface area (Å²) in [6.45, 7) is 0.194. The zero-order valence-corrected chi connectivity index (χ0v) is 16.6. The minimum absolute atomic E-state index is 0.0325. The van der Waals surface area contributed by atoms with Gasteiger partial charge in [-0.1, -0.05) is 18.2 Å². The number of benzene rings is 1. The van der Waals surface area contributed by atoms with Gasteiger partial charge >= 0.3 is 6.18 Å². The molecule has 0 radical (unpaired) electrons. The average molecular weight is 431 g/mol. The molecule has 7 nitrogen and oxygen atoms in total. The summed E-state index contributed by atoms with van der Waals surface area (Å²) in [5.41, 5.74) is 1.45. The predicted molar refractivity (Wildman–Crippen MR) is 107 cm³/mol. The number of carbonyl (C=O) groups is 1. The molecule has 3 heterocycles. The van der Waals surface area contributed by atoms with Crippen LogP contribution in [0.3, 0.4) is 0 Å². The quantitative estimate of drug-likeness (QED) is 0.641. The molecule has 1 aromatic carbocycles. The molecule has 31 heavy (non-hydrogen) atoms. The number of amides is 1. The number of aromatic nitrogens is 3. The van der Waals surface area contributed by atoms with Crippen LogP contribution in [0.5, 0.6) is 5.75 Å². The van der Waals surface area contributed by atoms with Crippen molar-refractivity contribution in [1.29, 1.82) is 0 Å². The zero-order chi connectivity index (χ0) is 22.0. The highest BCUT2D eigenvalue weighted by Crippen LogP contribution is 2.44. The van der Waals surface area contributed by atoms with Gasteiger partial charge < -0.3 is 15.4 Å². The van der Waals surface area contributed by atoms with Crippen LogP contribution in [0.25, 0.3) is 0 Å². The fraction of sp³-hybridized carbons (Fsp3) is 0.286. The van der Waals surface area contributed by atoms with Gasteiger partial charge in [-0.05, 0) is 29.3 Å². The Morgan fingerprint density at radius 3 is 2.84 bits per heavy atom. The molecule has 1 aliphatic heterocycles. The normalized spacial score (nSPS) is 18.1. The van der Waals surface area contributed by atoms with Crippen LogP contribution in [0.15, 0.2) is 55.0 Å². The van der Waals surface area contributed by atoms with E-state index in [1.165, 1.54) is 7.11 Å². The molecular formula is C21H20F3N5O2. The van der Waals surface area contributed by atoms with Gasteiger partial charge in [0.15, 0.2) is 6.04 Å². The van der Waals surface area contributed by atoms with Crippen molar-refractivity contribution in [1.82, 2.24) is 20.1 Å². The van der Waals surface area contributed by atoms with Crippen molar-refractivity contribution in [3.63, 3.8) is 0 Å². The summed E-state index contributed by atoms with van der Waals surface area (Å²) in [6.07, 6.45) is -0.414. The van der Waals surface area contributed by atoms with Gasteiger partial charge in [-0.25, -0.2) is 4.68 Å². The number of halogens is 3. The predicted octanol–water partition coefficient (Wildman–Crippen LogP) is 3.88. The minimum atomic E-state index is -4.52. The molecule has 0 unspecified atom stereocenters. The van der Waals surface area contributed by atoms with E-state index >= 15 is 0 Å². The summed E-state index contributed by atoms with van der Waals surface area (Å²) < 4.78 is 47.5. The van der Waals surface area contributed by atoms with E-state index in [-0.39, 0.29) is 24.3 Å².